The first-order valence-electron chi connectivity index (χ1n) is 21.8. The van der Waals surface area contributed by atoms with Gasteiger partial charge < -0.3 is 72.6 Å². The van der Waals surface area contributed by atoms with Crippen molar-refractivity contribution in [3.05, 3.63) is 0 Å². The highest BCUT2D eigenvalue weighted by atomic mass is 16.4. The molecule has 25 nitrogen and oxygen atoms in total. The Hall–Kier alpha value is -5.95. The number of amides is 10. The molecule has 0 aromatic heterocycles. The minimum Gasteiger partial charge on any atom is -0.480 e. The lowest BCUT2D eigenvalue weighted by molar-refractivity contribution is -0.145. The van der Waals surface area contributed by atoms with Gasteiger partial charge in [-0.05, 0) is 80.2 Å². The summed E-state index contributed by atoms with van der Waals surface area (Å²) in [6.07, 6.45) is 2.15. The number of hydrogen-bond donors (Lipinski definition) is 11. The molecule has 364 valence electrons. The molecule has 65 heavy (non-hydrogen) atoms. The van der Waals surface area contributed by atoms with Gasteiger partial charge in [-0.15, -0.1) is 0 Å². The second-order valence-corrected chi connectivity index (χ2v) is 16.5. The first kappa shape index (κ1) is 53.4. The van der Waals surface area contributed by atoms with Gasteiger partial charge in [-0.25, -0.2) is 4.79 Å². The summed E-state index contributed by atoms with van der Waals surface area (Å²) in [5.74, 6) is -8.12. The third kappa shape index (κ3) is 14.5. The van der Waals surface area contributed by atoms with E-state index in [0.717, 1.165) is 0 Å². The zero-order chi connectivity index (χ0) is 48.7. The first-order valence-corrected chi connectivity index (χ1v) is 21.8. The minimum atomic E-state index is -1.58. The molecule has 3 aliphatic heterocycles. The molecular weight excluding hydrogens is 859 g/mol. The summed E-state index contributed by atoms with van der Waals surface area (Å²) in [5.41, 5.74) is 0. The number of aliphatic hydroxyl groups is 2. The third-order valence-electron chi connectivity index (χ3n) is 11.4. The van der Waals surface area contributed by atoms with Gasteiger partial charge in [-0.1, -0.05) is 0 Å². The highest BCUT2D eigenvalue weighted by Crippen LogP contribution is 2.22. The highest BCUT2D eigenvalue weighted by Gasteiger charge is 2.42. The van der Waals surface area contributed by atoms with Gasteiger partial charge in [0.1, 0.15) is 60.4 Å². The van der Waals surface area contributed by atoms with E-state index < -0.39 is 139 Å². The molecule has 0 aromatic carbocycles. The number of hydrogen-bond acceptors (Lipinski definition) is 14. The van der Waals surface area contributed by atoms with Crippen molar-refractivity contribution in [2.45, 2.75) is 140 Å². The average Bonchev–Trinajstić information content (AvgIpc) is 4.07. The van der Waals surface area contributed by atoms with E-state index in [0.29, 0.717) is 25.8 Å². The van der Waals surface area contributed by atoms with Crippen LogP contribution in [-0.2, 0) is 52.7 Å². The van der Waals surface area contributed by atoms with Gasteiger partial charge in [0.25, 0.3) is 0 Å². The smallest absolute Gasteiger partial charge is 0.328 e. The van der Waals surface area contributed by atoms with Crippen molar-refractivity contribution in [1.29, 1.82) is 0 Å². The van der Waals surface area contributed by atoms with E-state index >= 15 is 0 Å². The number of nitrogens with zero attached hydrogens (tertiary/aromatic N) is 3. The number of carboxylic acid groups (broad SMARTS) is 1. The SMILES string of the molecule is CNCCC(=O)NC(C)C(=O)NC(CO)C(=O)N1CCCC1C(=O)NC(C)C(=O)NC(C)C(=O)N1CCCC1C(=O)NC(C)C(=O)N1CCCC1C(=O)NC(C)C(=O)NC(CO)C(=O)O. The Balaban J connectivity index is 1.53. The van der Waals surface area contributed by atoms with E-state index in [1.807, 2.05) is 0 Å². The normalized spacial score (nSPS) is 21.4. The summed E-state index contributed by atoms with van der Waals surface area (Å²) in [6, 6.07) is -11.7. The van der Waals surface area contributed by atoms with Gasteiger partial charge in [-0.3, -0.25) is 47.9 Å². The zero-order valence-electron chi connectivity index (χ0n) is 37.6. The van der Waals surface area contributed by atoms with Gasteiger partial charge in [0.05, 0.1) is 13.2 Å². The maximum absolute atomic E-state index is 13.6. The number of aliphatic hydroxyl groups excluding tert-OH is 2. The van der Waals surface area contributed by atoms with E-state index in [-0.39, 0.29) is 45.3 Å². The summed E-state index contributed by atoms with van der Waals surface area (Å²) >= 11 is 0. The fourth-order valence-electron chi connectivity index (χ4n) is 7.71. The van der Waals surface area contributed by atoms with Crippen LogP contribution >= 0.6 is 0 Å². The molecule has 0 saturated carbocycles. The Kier molecular flexibility index (Phi) is 20.5. The highest BCUT2D eigenvalue weighted by molar-refractivity contribution is 5.99. The van der Waals surface area contributed by atoms with Crippen molar-refractivity contribution in [2.75, 3.05) is 46.4 Å². The van der Waals surface area contributed by atoms with Gasteiger partial charge in [0.2, 0.25) is 59.1 Å². The molecule has 10 unspecified atom stereocenters. The van der Waals surface area contributed by atoms with Crippen LogP contribution in [0.5, 0.6) is 0 Å². The number of rotatable bonds is 22. The molecule has 0 bridgehead atoms. The number of likely N-dealkylation sites (tertiary alicyclic amines) is 3. The molecule has 10 atom stereocenters. The van der Waals surface area contributed by atoms with E-state index in [2.05, 4.69) is 42.5 Å². The van der Waals surface area contributed by atoms with Crippen LogP contribution in [0.3, 0.4) is 0 Å². The van der Waals surface area contributed by atoms with Crippen molar-refractivity contribution < 1.29 is 68.1 Å². The molecule has 0 spiro atoms. The summed E-state index contributed by atoms with van der Waals surface area (Å²) < 4.78 is 0. The number of carboxylic acids is 1. The molecule has 0 aromatic rings. The molecule has 10 amide bonds. The monoisotopic (exact) mass is 923 g/mol. The van der Waals surface area contributed by atoms with Crippen LogP contribution in [0.15, 0.2) is 0 Å². The van der Waals surface area contributed by atoms with Crippen LogP contribution in [0.1, 0.15) is 79.6 Å². The molecule has 3 saturated heterocycles. The number of nitrogens with one attached hydrogen (secondary N) is 8. The van der Waals surface area contributed by atoms with E-state index in [1.54, 1.807) is 7.05 Å². The Morgan fingerprint density at radius 3 is 1.25 bits per heavy atom. The van der Waals surface area contributed by atoms with Crippen LogP contribution < -0.4 is 42.5 Å². The number of carbonyl (C=O) groups excluding carboxylic acids is 10. The van der Waals surface area contributed by atoms with Gasteiger partial charge in [-0.2, -0.15) is 0 Å². The molecule has 3 heterocycles. The molecule has 3 aliphatic rings. The molecule has 3 rings (SSSR count). The second-order valence-electron chi connectivity index (χ2n) is 16.5. The molecule has 11 N–H and O–H groups in total. The maximum atomic E-state index is 13.6. The predicted molar refractivity (Wildman–Crippen MR) is 226 cm³/mol. The molecule has 0 radical (unpaired) electrons. The summed E-state index contributed by atoms with van der Waals surface area (Å²) in [7, 11) is 1.67. The van der Waals surface area contributed by atoms with Gasteiger partial charge >= 0.3 is 5.97 Å². The third-order valence-corrected chi connectivity index (χ3v) is 11.4. The quantitative estimate of drug-likeness (QED) is 0.0482. The van der Waals surface area contributed by atoms with Crippen LogP contribution in [0, 0.1) is 0 Å². The predicted octanol–water partition coefficient (Wildman–Crippen LogP) is -5.87. The standard InChI is InChI=1S/C40H65N11O14/c1-20(42-30(54)13-14-41-6)32(56)47-25(18-52)39(63)51-17-9-12-29(51)35(59)43-21(2)31(55)45-23(4)37(61)50-16-8-11-28(50)36(60)46-24(5)38(62)49-15-7-10-27(49)34(58)44-22(3)33(57)48-26(19-53)40(64)65/h20-29,41,52-53H,7-19H2,1-6H3,(H,42,54)(H,43,59)(H,44,58)(H,45,55)(H,46,60)(H,47,56)(H,48,57)(H,64,65). The van der Waals surface area contributed by atoms with E-state index in [9.17, 15) is 63.0 Å². The molecule has 0 aliphatic carbocycles. The lowest BCUT2D eigenvalue weighted by Gasteiger charge is -2.31. The topological polar surface area (TPSA) is 354 Å². The van der Waals surface area contributed by atoms with Crippen LogP contribution in [-0.4, -0.2) is 202 Å². The fraction of sp³-hybridized carbons (Fsp3) is 0.725. The van der Waals surface area contributed by atoms with E-state index in [4.69, 9.17) is 5.11 Å². The van der Waals surface area contributed by atoms with E-state index in [1.165, 1.54) is 49.3 Å². The number of aliphatic carboxylic acids is 1. The lowest BCUT2D eigenvalue weighted by atomic mass is 10.1. The second kappa shape index (κ2) is 24.9. The Morgan fingerprint density at radius 2 is 0.846 bits per heavy atom. The average molecular weight is 924 g/mol. The lowest BCUT2D eigenvalue weighted by Crippen LogP contribution is -2.59. The Bertz CT molecular complexity index is 1800. The number of carbonyl (C=O) groups is 11. The summed E-state index contributed by atoms with van der Waals surface area (Å²) in [6.45, 7) is 6.15. The van der Waals surface area contributed by atoms with Crippen molar-refractivity contribution >= 4 is 65.0 Å². The molecule has 25 heteroatoms. The molecule has 3 fully saturated rings. The van der Waals surface area contributed by atoms with Gasteiger partial charge in [0, 0.05) is 32.6 Å². The van der Waals surface area contributed by atoms with Crippen LogP contribution in [0.2, 0.25) is 0 Å². The van der Waals surface area contributed by atoms with Crippen molar-refractivity contribution in [1.82, 2.24) is 57.2 Å². The zero-order valence-corrected chi connectivity index (χ0v) is 37.6. The maximum Gasteiger partial charge on any atom is 0.328 e. The van der Waals surface area contributed by atoms with Crippen molar-refractivity contribution in [3.63, 3.8) is 0 Å². The Labute approximate surface area is 376 Å². The first-order chi connectivity index (χ1) is 30.7. The van der Waals surface area contributed by atoms with Crippen LogP contribution in [0.4, 0.5) is 0 Å². The minimum absolute atomic E-state index is 0.116. The van der Waals surface area contributed by atoms with Crippen molar-refractivity contribution in [2.24, 2.45) is 0 Å². The van der Waals surface area contributed by atoms with Gasteiger partial charge in [0.15, 0.2) is 0 Å². The Morgan fingerprint density at radius 1 is 0.492 bits per heavy atom. The fourth-order valence-corrected chi connectivity index (χ4v) is 7.71. The molecular formula is C40H65N11O14. The van der Waals surface area contributed by atoms with Crippen molar-refractivity contribution in [3.8, 4) is 0 Å². The summed E-state index contributed by atoms with van der Waals surface area (Å²) in [4.78, 5) is 146. The van der Waals surface area contributed by atoms with Crippen LogP contribution in [0.25, 0.3) is 0 Å². The largest absolute Gasteiger partial charge is 0.480 e. The summed E-state index contributed by atoms with van der Waals surface area (Å²) in [5, 5.41) is 48.2.